The lowest BCUT2D eigenvalue weighted by Gasteiger charge is -2.23. The number of amides is 1. The summed E-state index contributed by atoms with van der Waals surface area (Å²) in [5.74, 6) is -2.22. The van der Waals surface area contributed by atoms with Crippen molar-refractivity contribution in [3.05, 3.63) is 64.7 Å². The van der Waals surface area contributed by atoms with E-state index in [1.165, 1.54) is 37.3 Å². The van der Waals surface area contributed by atoms with Crippen molar-refractivity contribution < 1.29 is 31.1 Å². The van der Waals surface area contributed by atoms with Crippen molar-refractivity contribution in [1.29, 1.82) is 0 Å². The van der Waals surface area contributed by atoms with Crippen LogP contribution in [-0.2, 0) is 6.18 Å². The quantitative estimate of drug-likeness (QED) is 0.286. The first kappa shape index (κ1) is 24.8. The van der Waals surface area contributed by atoms with Gasteiger partial charge in [-0.2, -0.15) is 31.3 Å². The predicted octanol–water partition coefficient (Wildman–Crippen LogP) is 4.56. The highest BCUT2D eigenvalue weighted by atomic mass is 35.5. The van der Waals surface area contributed by atoms with E-state index in [0.717, 1.165) is 18.2 Å². The number of anilines is 1. The maximum absolute atomic E-state index is 13.1. The Morgan fingerprint density at radius 1 is 1.03 bits per heavy atom. The van der Waals surface area contributed by atoms with Gasteiger partial charge in [-0.25, -0.2) is 10.9 Å². The Morgan fingerprint density at radius 3 is 2.33 bits per heavy atom. The Bertz CT molecular complexity index is 1040. The number of hydrazine groups is 1. The van der Waals surface area contributed by atoms with Crippen LogP contribution in [0.4, 0.5) is 32.0 Å². The number of carbonyl (C=O) groups is 1. The maximum atomic E-state index is 13.1. The van der Waals surface area contributed by atoms with Crippen molar-refractivity contribution in [3.8, 4) is 0 Å². The molecule has 3 unspecified atom stereocenters. The van der Waals surface area contributed by atoms with Crippen LogP contribution in [0.5, 0.6) is 0 Å². The second-order valence-corrected chi connectivity index (χ2v) is 7.70. The molecule has 2 aromatic rings. The molecule has 6 nitrogen and oxygen atoms in total. The van der Waals surface area contributed by atoms with Crippen LogP contribution in [0.25, 0.3) is 0 Å². The number of hydrogen-bond donors (Lipinski definition) is 4. The van der Waals surface area contributed by atoms with Gasteiger partial charge in [-0.15, -0.1) is 0 Å². The van der Waals surface area contributed by atoms with E-state index in [1.807, 2.05) is 0 Å². The number of nitrogens with one attached hydrogen (secondary N) is 4. The highest BCUT2D eigenvalue weighted by Gasteiger charge is 2.49. The van der Waals surface area contributed by atoms with Crippen LogP contribution in [0.15, 0.2) is 53.5 Å². The zero-order valence-electron chi connectivity index (χ0n) is 16.9. The van der Waals surface area contributed by atoms with E-state index in [0.29, 0.717) is 0 Å². The fourth-order valence-electron chi connectivity index (χ4n) is 3.12. The Labute approximate surface area is 189 Å². The Balaban J connectivity index is 1.89. The first-order chi connectivity index (χ1) is 15.3. The van der Waals surface area contributed by atoms with Gasteiger partial charge in [-0.1, -0.05) is 30.7 Å². The summed E-state index contributed by atoms with van der Waals surface area (Å²) in [6.07, 6.45) is -10.2. The van der Waals surface area contributed by atoms with E-state index >= 15 is 0 Å². The number of carbonyl (C=O) groups excluding carboxylic acids is 1. The van der Waals surface area contributed by atoms with Crippen molar-refractivity contribution in [1.82, 2.24) is 16.2 Å². The average molecular weight is 494 g/mol. The highest BCUT2D eigenvalue weighted by Crippen LogP contribution is 2.31. The van der Waals surface area contributed by atoms with Crippen LogP contribution in [-0.4, -0.2) is 30.3 Å². The van der Waals surface area contributed by atoms with E-state index in [9.17, 15) is 31.1 Å². The number of benzene rings is 2. The molecule has 1 saturated heterocycles. The molecule has 13 heteroatoms. The predicted molar refractivity (Wildman–Crippen MR) is 110 cm³/mol. The molecule has 1 amide bonds. The summed E-state index contributed by atoms with van der Waals surface area (Å²) in [5.41, 5.74) is 3.57. The lowest BCUT2D eigenvalue weighted by molar-refractivity contribution is -0.160. The molecule has 0 aliphatic carbocycles. The Hall–Kier alpha value is -2.83. The Kier molecular flexibility index (Phi) is 7.20. The first-order valence-corrected chi connectivity index (χ1v) is 9.89. The van der Waals surface area contributed by atoms with Gasteiger partial charge in [0.15, 0.2) is 0 Å². The van der Waals surface area contributed by atoms with Gasteiger partial charge < -0.3 is 10.6 Å². The van der Waals surface area contributed by atoms with Gasteiger partial charge in [-0.3, -0.25) is 4.79 Å². The van der Waals surface area contributed by atoms with Crippen LogP contribution in [0.2, 0.25) is 5.02 Å². The fraction of sp³-hybridized carbons (Fsp3) is 0.300. The SMILES string of the molecule is CC1C(N/C(=N\C(=O)c2cccc(Cl)c2)Nc2cccc(C(F)(F)F)c2)NNC1C(F)(F)F. The number of alkyl halides is 6. The first-order valence-electron chi connectivity index (χ1n) is 9.52. The van der Waals surface area contributed by atoms with E-state index in [2.05, 4.69) is 26.5 Å². The normalized spacial score (nSPS) is 21.7. The number of rotatable bonds is 3. The smallest absolute Gasteiger partial charge is 0.339 e. The molecule has 4 N–H and O–H groups in total. The average Bonchev–Trinajstić information content (AvgIpc) is 3.08. The van der Waals surface area contributed by atoms with Gasteiger partial charge in [0, 0.05) is 22.2 Å². The zero-order valence-corrected chi connectivity index (χ0v) is 17.6. The van der Waals surface area contributed by atoms with Gasteiger partial charge in [0.05, 0.1) is 11.7 Å². The van der Waals surface area contributed by atoms with Gasteiger partial charge in [0.1, 0.15) is 6.04 Å². The second kappa shape index (κ2) is 9.57. The molecule has 33 heavy (non-hydrogen) atoms. The topological polar surface area (TPSA) is 77.5 Å². The minimum absolute atomic E-state index is 0.0753. The van der Waals surface area contributed by atoms with E-state index in [-0.39, 0.29) is 22.2 Å². The summed E-state index contributed by atoms with van der Waals surface area (Å²) in [5, 5.41) is 5.41. The van der Waals surface area contributed by atoms with Crippen molar-refractivity contribution in [2.45, 2.75) is 31.5 Å². The van der Waals surface area contributed by atoms with Crippen molar-refractivity contribution in [2.24, 2.45) is 10.9 Å². The van der Waals surface area contributed by atoms with Crippen molar-refractivity contribution in [3.63, 3.8) is 0 Å². The molecule has 3 atom stereocenters. The molecule has 1 heterocycles. The molecule has 0 spiro atoms. The summed E-state index contributed by atoms with van der Waals surface area (Å²) < 4.78 is 78.6. The second-order valence-electron chi connectivity index (χ2n) is 7.27. The molecule has 1 aliphatic rings. The van der Waals surface area contributed by atoms with Crippen LogP contribution in [0, 0.1) is 5.92 Å². The molecule has 1 fully saturated rings. The molecule has 3 rings (SSSR count). The van der Waals surface area contributed by atoms with Crippen LogP contribution >= 0.6 is 11.6 Å². The monoisotopic (exact) mass is 493 g/mol. The maximum Gasteiger partial charge on any atom is 0.416 e. The molecule has 0 bridgehead atoms. The molecule has 0 saturated carbocycles. The van der Waals surface area contributed by atoms with Crippen LogP contribution in [0.1, 0.15) is 22.8 Å². The number of hydrogen-bond acceptors (Lipinski definition) is 3. The van der Waals surface area contributed by atoms with E-state index in [1.54, 1.807) is 0 Å². The third kappa shape index (κ3) is 6.36. The van der Waals surface area contributed by atoms with E-state index in [4.69, 9.17) is 11.6 Å². The number of nitrogens with zero attached hydrogens (tertiary/aromatic N) is 1. The third-order valence-corrected chi connectivity index (χ3v) is 5.06. The van der Waals surface area contributed by atoms with Crippen molar-refractivity contribution in [2.75, 3.05) is 5.32 Å². The number of aliphatic imine (C=N–C) groups is 1. The lowest BCUT2D eigenvalue weighted by Crippen LogP contribution is -2.49. The van der Waals surface area contributed by atoms with Gasteiger partial charge in [0.25, 0.3) is 5.91 Å². The van der Waals surface area contributed by atoms with E-state index < -0.39 is 41.9 Å². The third-order valence-electron chi connectivity index (χ3n) is 4.83. The molecule has 0 aromatic heterocycles. The molecular formula is C20H18ClF6N5O. The standard InChI is InChI=1S/C20H18ClF6N5O/c1-10-15(20(25,26)27)31-32-16(10)29-18(30-17(33)11-4-2-6-13(21)8-11)28-14-7-3-5-12(9-14)19(22,23)24/h2-10,15-16,31-32H,1H3,(H2,28,29,30,33). The molecule has 0 radical (unpaired) electrons. The minimum atomic E-state index is -4.62. The largest absolute Gasteiger partial charge is 0.416 e. The molecule has 2 aromatic carbocycles. The minimum Gasteiger partial charge on any atom is -0.339 e. The summed E-state index contributed by atoms with van der Waals surface area (Å²) in [4.78, 5) is 16.4. The zero-order chi connectivity index (χ0) is 24.4. The molecule has 178 valence electrons. The summed E-state index contributed by atoms with van der Waals surface area (Å²) in [6, 6.07) is 7.93. The Morgan fingerprint density at radius 2 is 1.73 bits per heavy atom. The highest BCUT2D eigenvalue weighted by molar-refractivity contribution is 6.31. The number of halogens is 7. The molecular weight excluding hydrogens is 476 g/mol. The van der Waals surface area contributed by atoms with Gasteiger partial charge in [0.2, 0.25) is 5.96 Å². The lowest BCUT2D eigenvalue weighted by atomic mass is 10.0. The van der Waals surface area contributed by atoms with Crippen LogP contribution < -0.4 is 21.5 Å². The summed E-state index contributed by atoms with van der Waals surface area (Å²) >= 11 is 5.87. The van der Waals surface area contributed by atoms with Gasteiger partial charge in [-0.05, 0) is 36.4 Å². The van der Waals surface area contributed by atoms with Crippen LogP contribution in [0.3, 0.4) is 0 Å². The number of guanidine groups is 1. The fourth-order valence-corrected chi connectivity index (χ4v) is 3.31. The van der Waals surface area contributed by atoms with Crippen molar-refractivity contribution >= 4 is 29.2 Å². The summed E-state index contributed by atoms with van der Waals surface area (Å²) in [7, 11) is 0. The molecule has 1 aliphatic heterocycles. The summed E-state index contributed by atoms with van der Waals surface area (Å²) in [6.45, 7) is 1.31. The van der Waals surface area contributed by atoms with Gasteiger partial charge >= 0.3 is 12.4 Å².